The lowest BCUT2D eigenvalue weighted by atomic mass is 10.00. The largest absolute Gasteiger partial charge is 0.297 e. The van der Waals surface area contributed by atoms with E-state index in [4.69, 9.17) is 0 Å². The Balaban J connectivity index is 2.05. The third kappa shape index (κ3) is 1.20. The van der Waals surface area contributed by atoms with Crippen LogP contribution in [0.5, 0.6) is 0 Å². The molecule has 1 nitrogen and oxygen atoms in total. The third-order valence-electron chi connectivity index (χ3n) is 3.66. The van der Waals surface area contributed by atoms with Crippen LogP contribution in [-0.4, -0.2) is 23.5 Å². The molecule has 0 aromatic rings. The lowest BCUT2D eigenvalue weighted by molar-refractivity contribution is 0.152. The Bertz CT molecular complexity index is 144. The quantitative estimate of drug-likeness (QED) is 0.516. The average molecular weight is 153 g/mol. The molecule has 2 fully saturated rings. The van der Waals surface area contributed by atoms with Crippen molar-refractivity contribution >= 4 is 0 Å². The third-order valence-corrected chi connectivity index (χ3v) is 3.66. The van der Waals surface area contributed by atoms with Crippen molar-refractivity contribution in [3.05, 3.63) is 0 Å². The van der Waals surface area contributed by atoms with E-state index in [0.717, 1.165) is 18.0 Å². The summed E-state index contributed by atoms with van der Waals surface area (Å²) < 4.78 is 0. The lowest BCUT2D eigenvalue weighted by Crippen LogP contribution is -2.38. The SMILES string of the molecule is CC1CC2CCCCN2C1C. The molecule has 0 N–H and O–H groups in total. The van der Waals surface area contributed by atoms with Crippen molar-refractivity contribution < 1.29 is 0 Å². The highest BCUT2D eigenvalue weighted by Gasteiger charge is 2.36. The summed E-state index contributed by atoms with van der Waals surface area (Å²) in [6, 6.07) is 1.81. The Kier molecular flexibility index (Phi) is 1.92. The molecule has 0 aromatic heterocycles. The van der Waals surface area contributed by atoms with E-state index in [9.17, 15) is 0 Å². The molecule has 2 saturated heterocycles. The van der Waals surface area contributed by atoms with Crippen LogP contribution in [0.15, 0.2) is 0 Å². The second kappa shape index (κ2) is 2.78. The number of piperidine rings is 1. The highest BCUT2D eigenvalue weighted by molar-refractivity contribution is 4.91. The molecule has 2 aliphatic rings. The van der Waals surface area contributed by atoms with E-state index in [2.05, 4.69) is 18.7 Å². The molecule has 1 heteroatoms. The van der Waals surface area contributed by atoms with Gasteiger partial charge in [0.05, 0.1) is 0 Å². The van der Waals surface area contributed by atoms with Crippen LogP contribution in [0, 0.1) is 5.92 Å². The van der Waals surface area contributed by atoms with Crippen LogP contribution in [0.2, 0.25) is 0 Å². The Labute approximate surface area is 69.8 Å². The zero-order chi connectivity index (χ0) is 7.84. The van der Waals surface area contributed by atoms with Crippen LogP contribution in [-0.2, 0) is 0 Å². The smallest absolute Gasteiger partial charge is 0.0101 e. The number of hydrogen-bond acceptors (Lipinski definition) is 1. The van der Waals surface area contributed by atoms with Crippen molar-refractivity contribution in [2.75, 3.05) is 6.54 Å². The van der Waals surface area contributed by atoms with Crippen molar-refractivity contribution in [3.8, 4) is 0 Å². The second-order valence-corrected chi connectivity index (χ2v) is 4.34. The van der Waals surface area contributed by atoms with Gasteiger partial charge in [0, 0.05) is 12.1 Å². The van der Waals surface area contributed by atoms with Crippen molar-refractivity contribution in [1.29, 1.82) is 0 Å². The molecule has 0 saturated carbocycles. The molecule has 2 rings (SSSR count). The first-order chi connectivity index (χ1) is 5.29. The van der Waals surface area contributed by atoms with Gasteiger partial charge < -0.3 is 0 Å². The van der Waals surface area contributed by atoms with Crippen molar-refractivity contribution in [2.24, 2.45) is 5.92 Å². The molecule has 0 radical (unpaired) electrons. The summed E-state index contributed by atoms with van der Waals surface area (Å²) >= 11 is 0. The molecule has 3 atom stereocenters. The molecule has 0 amide bonds. The van der Waals surface area contributed by atoms with E-state index in [1.165, 1.54) is 32.2 Å². The molecule has 0 aromatic carbocycles. The fraction of sp³-hybridized carbons (Fsp3) is 1.00. The number of nitrogens with zero attached hydrogens (tertiary/aromatic N) is 1. The molecule has 3 unspecified atom stereocenters. The summed E-state index contributed by atoms with van der Waals surface area (Å²) in [4.78, 5) is 2.73. The standard InChI is InChI=1S/C10H19N/c1-8-7-10-5-3-4-6-11(10)9(8)2/h8-10H,3-7H2,1-2H3. The highest BCUT2D eigenvalue weighted by atomic mass is 15.2. The fourth-order valence-corrected chi connectivity index (χ4v) is 2.77. The first-order valence-electron chi connectivity index (χ1n) is 5.05. The van der Waals surface area contributed by atoms with Gasteiger partial charge in [0.15, 0.2) is 0 Å². The molecule has 2 aliphatic heterocycles. The molecule has 11 heavy (non-hydrogen) atoms. The van der Waals surface area contributed by atoms with E-state index in [0.29, 0.717) is 0 Å². The summed E-state index contributed by atoms with van der Waals surface area (Å²) in [5.74, 6) is 0.943. The summed E-state index contributed by atoms with van der Waals surface area (Å²) in [6.07, 6.45) is 5.84. The Morgan fingerprint density at radius 1 is 1.18 bits per heavy atom. The molecule has 2 heterocycles. The number of fused-ring (bicyclic) bond motifs is 1. The summed E-state index contributed by atoms with van der Waals surface area (Å²) in [5.41, 5.74) is 0. The normalized spacial score (nSPS) is 45.8. The van der Waals surface area contributed by atoms with Crippen molar-refractivity contribution in [2.45, 2.75) is 51.6 Å². The van der Waals surface area contributed by atoms with Crippen LogP contribution in [0.4, 0.5) is 0 Å². The molecular weight excluding hydrogens is 134 g/mol. The lowest BCUT2D eigenvalue weighted by Gasteiger charge is -2.32. The summed E-state index contributed by atoms with van der Waals surface area (Å²) in [7, 11) is 0. The maximum absolute atomic E-state index is 2.73. The number of hydrogen-bond donors (Lipinski definition) is 0. The van der Waals surface area contributed by atoms with Crippen molar-refractivity contribution in [1.82, 2.24) is 4.90 Å². The van der Waals surface area contributed by atoms with E-state index in [-0.39, 0.29) is 0 Å². The van der Waals surface area contributed by atoms with Gasteiger partial charge in [-0.25, -0.2) is 0 Å². The van der Waals surface area contributed by atoms with Gasteiger partial charge in [0.1, 0.15) is 0 Å². The minimum absolute atomic E-state index is 0.861. The van der Waals surface area contributed by atoms with Gasteiger partial charge in [-0.15, -0.1) is 0 Å². The van der Waals surface area contributed by atoms with Crippen LogP contribution in [0.3, 0.4) is 0 Å². The van der Waals surface area contributed by atoms with Gasteiger partial charge in [-0.1, -0.05) is 13.3 Å². The number of rotatable bonds is 0. The summed E-state index contributed by atoms with van der Waals surface area (Å²) in [6.45, 7) is 6.18. The Morgan fingerprint density at radius 3 is 2.73 bits per heavy atom. The Hall–Kier alpha value is -0.0400. The van der Waals surface area contributed by atoms with Crippen LogP contribution in [0.1, 0.15) is 39.5 Å². The predicted molar refractivity (Wildman–Crippen MR) is 47.6 cm³/mol. The van der Waals surface area contributed by atoms with Gasteiger partial charge in [0.25, 0.3) is 0 Å². The molecule has 0 aliphatic carbocycles. The minimum Gasteiger partial charge on any atom is -0.297 e. The average Bonchev–Trinajstić information content (AvgIpc) is 2.30. The predicted octanol–water partition coefficient (Wildman–Crippen LogP) is 2.27. The Morgan fingerprint density at radius 2 is 2.00 bits per heavy atom. The van der Waals surface area contributed by atoms with Gasteiger partial charge in [0.2, 0.25) is 0 Å². The molecular formula is C10H19N. The zero-order valence-electron chi connectivity index (χ0n) is 7.71. The van der Waals surface area contributed by atoms with E-state index < -0.39 is 0 Å². The van der Waals surface area contributed by atoms with Crippen LogP contribution < -0.4 is 0 Å². The molecule has 0 bridgehead atoms. The first kappa shape index (κ1) is 7.60. The van der Waals surface area contributed by atoms with Gasteiger partial charge in [-0.2, -0.15) is 0 Å². The maximum Gasteiger partial charge on any atom is 0.0101 e. The fourth-order valence-electron chi connectivity index (χ4n) is 2.77. The van der Waals surface area contributed by atoms with Gasteiger partial charge in [-0.3, -0.25) is 4.90 Å². The monoisotopic (exact) mass is 153 g/mol. The zero-order valence-corrected chi connectivity index (χ0v) is 7.71. The van der Waals surface area contributed by atoms with Crippen molar-refractivity contribution in [3.63, 3.8) is 0 Å². The summed E-state index contributed by atoms with van der Waals surface area (Å²) in [5, 5.41) is 0. The molecule has 0 spiro atoms. The van der Waals surface area contributed by atoms with Crippen LogP contribution >= 0.6 is 0 Å². The highest BCUT2D eigenvalue weighted by Crippen LogP contribution is 2.34. The maximum atomic E-state index is 2.73. The van der Waals surface area contributed by atoms with Crippen LogP contribution in [0.25, 0.3) is 0 Å². The van der Waals surface area contributed by atoms with Gasteiger partial charge >= 0.3 is 0 Å². The molecule has 64 valence electrons. The van der Waals surface area contributed by atoms with E-state index in [1.54, 1.807) is 0 Å². The van der Waals surface area contributed by atoms with Gasteiger partial charge in [-0.05, 0) is 38.6 Å². The topological polar surface area (TPSA) is 3.24 Å². The van der Waals surface area contributed by atoms with E-state index in [1.807, 2.05) is 0 Å². The minimum atomic E-state index is 0.861. The first-order valence-corrected chi connectivity index (χ1v) is 5.05. The van der Waals surface area contributed by atoms with E-state index >= 15 is 0 Å². The second-order valence-electron chi connectivity index (χ2n) is 4.34.